The number of hydrogen-bond donors (Lipinski definition) is 9. The molecule has 0 aliphatic rings. The molecule has 0 rings (SSSR count). The summed E-state index contributed by atoms with van der Waals surface area (Å²) < 4.78 is 0. The fourth-order valence-electron chi connectivity index (χ4n) is 2.93. The van der Waals surface area contributed by atoms with E-state index in [0.717, 1.165) is 0 Å². The Hall–Kier alpha value is -2.23. The number of carbonyl (C=O) groups is 4. The van der Waals surface area contributed by atoms with E-state index in [2.05, 4.69) is 33.6 Å². The van der Waals surface area contributed by atoms with Gasteiger partial charge >= 0.3 is 5.97 Å². The first kappa shape index (κ1) is 32.8. The molecule has 0 spiro atoms. The first-order chi connectivity index (χ1) is 16.6. The van der Waals surface area contributed by atoms with Crippen LogP contribution in [0.1, 0.15) is 38.5 Å². The molecule has 4 unspecified atom stereocenters. The number of guanidine groups is 1. The highest BCUT2D eigenvalue weighted by Crippen LogP contribution is 2.07. The summed E-state index contributed by atoms with van der Waals surface area (Å²) in [5.41, 5.74) is 21.8. The summed E-state index contributed by atoms with van der Waals surface area (Å²) in [4.78, 5) is 53.6. The van der Waals surface area contributed by atoms with Crippen molar-refractivity contribution < 1.29 is 24.3 Å². The van der Waals surface area contributed by atoms with Gasteiger partial charge in [0.25, 0.3) is 0 Å². The molecule has 3 amide bonds. The second-order valence-corrected chi connectivity index (χ2v) is 9.18. The van der Waals surface area contributed by atoms with E-state index in [0.29, 0.717) is 38.0 Å². The third-order valence-corrected chi connectivity index (χ3v) is 5.95. The summed E-state index contributed by atoms with van der Waals surface area (Å²) in [6, 6.07) is -4.04. The van der Waals surface area contributed by atoms with Crippen LogP contribution in [0.5, 0.6) is 0 Å². The number of nitrogens with one attached hydrogen (secondary N) is 3. The van der Waals surface area contributed by atoms with Crippen molar-refractivity contribution in [3.05, 3.63) is 0 Å². The second-order valence-electron chi connectivity index (χ2n) is 7.83. The summed E-state index contributed by atoms with van der Waals surface area (Å²) in [6.45, 7) is 0.619. The lowest BCUT2D eigenvalue weighted by atomic mass is 10.1. The number of rotatable bonds is 19. The predicted octanol–water partition coefficient (Wildman–Crippen LogP) is -2.28. The SMILES string of the molecule is CSCCC(NC(=O)C(N)CS)C(=O)NC(CCCN=C(N)N)C(=O)NC(CCCCN)C(=O)O. The molecule has 0 aromatic heterocycles. The Kier molecular flexibility index (Phi) is 17.8. The van der Waals surface area contributed by atoms with Crippen molar-refractivity contribution in [1.29, 1.82) is 0 Å². The van der Waals surface area contributed by atoms with Crippen LogP contribution in [0.15, 0.2) is 4.99 Å². The van der Waals surface area contributed by atoms with E-state index >= 15 is 0 Å². The molecule has 4 atom stereocenters. The number of nitrogens with two attached hydrogens (primary N) is 4. The lowest BCUT2D eigenvalue weighted by Crippen LogP contribution is -2.57. The number of aliphatic carboxylic acids is 1. The number of thiol groups is 1. The largest absolute Gasteiger partial charge is 0.480 e. The van der Waals surface area contributed by atoms with Crippen LogP contribution in [0.25, 0.3) is 0 Å². The molecule has 0 saturated heterocycles. The number of carboxylic acid groups (broad SMARTS) is 1. The molecule has 0 bridgehead atoms. The van der Waals surface area contributed by atoms with E-state index in [1.165, 1.54) is 11.8 Å². The summed E-state index contributed by atoms with van der Waals surface area (Å²) in [5.74, 6) is -2.42. The zero-order valence-corrected chi connectivity index (χ0v) is 21.8. The van der Waals surface area contributed by atoms with Crippen LogP contribution in [0.4, 0.5) is 0 Å². The van der Waals surface area contributed by atoms with Crippen molar-refractivity contribution in [3.63, 3.8) is 0 Å². The lowest BCUT2D eigenvalue weighted by Gasteiger charge is -2.25. The van der Waals surface area contributed by atoms with Crippen molar-refractivity contribution >= 4 is 54.0 Å². The molecule has 0 aliphatic heterocycles. The maximum atomic E-state index is 13.0. The van der Waals surface area contributed by atoms with E-state index in [1.54, 1.807) is 0 Å². The molecule has 202 valence electrons. The van der Waals surface area contributed by atoms with Crippen molar-refractivity contribution in [2.24, 2.45) is 27.9 Å². The average Bonchev–Trinajstić information content (AvgIpc) is 2.81. The van der Waals surface area contributed by atoms with Crippen LogP contribution in [0, 0.1) is 0 Å². The molecule has 0 aromatic carbocycles. The zero-order valence-electron chi connectivity index (χ0n) is 20.1. The van der Waals surface area contributed by atoms with Crippen LogP contribution >= 0.6 is 24.4 Å². The lowest BCUT2D eigenvalue weighted by molar-refractivity contribution is -0.142. The van der Waals surface area contributed by atoms with Crippen molar-refractivity contribution in [1.82, 2.24) is 16.0 Å². The van der Waals surface area contributed by atoms with Gasteiger partial charge in [0.15, 0.2) is 5.96 Å². The number of unbranched alkanes of at least 4 members (excludes halogenated alkanes) is 1. The molecule has 13 nitrogen and oxygen atoms in total. The Morgan fingerprint density at radius 1 is 0.914 bits per heavy atom. The predicted molar refractivity (Wildman–Crippen MR) is 141 cm³/mol. The standard InChI is InChI=1S/C20H40N8O5S2/c1-35-10-7-14(26-16(29)12(22)11-34)18(31)27-13(6-4-9-25-20(23)24)17(30)28-15(19(32)33)5-2-3-8-21/h12-15,34H,2-11,21-22H2,1H3,(H,26,29)(H,27,31)(H,28,30)(H,32,33)(H4,23,24,25). The van der Waals surface area contributed by atoms with Crippen LogP contribution in [0.3, 0.4) is 0 Å². The van der Waals surface area contributed by atoms with Crippen LogP contribution in [0.2, 0.25) is 0 Å². The summed E-state index contributed by atoms with van der Waals surface area (Å²) >= 11 is 5.48. The molecule has 0 aromatic rings. The van der Waals surface area contributed by atoms with Gasteiger partial charge in [-0.1, -0.05) is 0 Å². The Balaban J connectivity index is 5.51. The van der Waals surface area contributed by atoms with Crippen LogP contribution in [-0.2, 0) is 19.2 Å². The fraction of sp³-hybridized carbons (Fsp3) is 0.750. The van der Waals surface area contributed by atoms with Gasteiger partial charge in [-0.05, 0) is 57.1 Å². The molecule has 0 fully saturated rings. The highest BCUT2D eigenvalue weighted by Gasteiger charge is 2.29. The van der Waals surface area contributed by atoms with Gasteiger partial charge in [0, 0.05) is 12.3 Å². The number of carbonyl (C=O) groups excluding carboxylic acids is 3. The Labute approximate surface area is 215 Å². The van der Waals surface area contributed by atoms with E-state index < -0.39 is 47.9 Å². The van der Waals surface area contributed by atoms with Gasteiger partial charge in [0.1, 0.15) is 18.1 Å². The smallest absolute Gasteiger partial charge is 0.326 e. The second kappa shape index (κ2) is 19.0. The van der Waals surface area contributed by atoms with Crippen molar-refractivity contribution in [3.8, 4) is 0 Å². The topological polar surface area (TPSA) is 241 Å². The summed E-state index contributed by atoms with van der Waals surface area (Å²) in [7, 11) is 0. The molecular formula is C20H40N8O5S2. The normalized spacial score (nSPS) is 14.2. The highest BCUT2D eigenvalue weighted by molar-refractivity contribution is 7.98. The number of thioether (sulfide) groups is 1. The van der Waals surface area contributed by atoms with Crippen LogP contribution in [-0.4, -0.2) is 89.8 Å². The Morgan fingerprint density at radius 2 is 1.46 bits per heavy atom. The molecule has 12 N–H and O–H groups in total. The average molecular weight is 537 g/mol. The minimum absolute atomic E-state index is 0.0965. The molecule has 15 heteroatoms. The number of amides is 3. The monoisotopic (exact) mass is 536 g/mol. The van der Waals surface area contributed by atoms with Crippen molar-refractivity contribution in [2.45, 2.75) is 62.7 Å². The number of aliphatic imine (C=N–C) groups is 1. The van der Waals surface area contributed by atoms with Crippen LogP contribution < -0.4 is 38.9 Å². The fourth-order valence-corrected chi connectivity index (χ4v) is 3.57. The third-order valence-electron chi connectivity index (χ3n) is 4.92. The third kappa shape index (κ3) is 14.7. The molecule has 0 radical (unpaired) electrons. The van der Waals surface area contributed by atoms with Gasteiger partial charge in [0.05, 0.1) is 6.04 Å². The van der Waals surface area contributed by atoms with Gasteiger partial charge in [0.2, 0.25) is 17.7 Å². The highest BCUT2D eigenvalue weighted by atomic mass is 32.2. The van der Waals surface area contributed by atoms with E-state index in [9.17, 15) is 24.3 Å². The molecule has 35 heavy (non-hydrogen) atoms. The first-order valence-electron chi connectivity index (χ1n) is 11.3. The quantitative estimate of drug-likeness (QED) is 0.0370. The molecule has 0 saturated carbocycles. The number of nitrogens with zero attached hydrogens (tertiary/aromatic N) is 1. The Morgan fingerprint density at radius 3 is 1.97 bits per heavy atom. The molecule has 0 aliphatic carbocycles. The summed E-state index contributed by atoms with van der Waals surface area (Å²) in [5, 5.41) is 17.2. The zero-order chi connectivity index (χ0) is 26.8. The summed E-state index contributed by atoms with van der Waals surface area (Å²) in [6.07, 6.45) is 3.97. The Bertz CT molecular complexity index is 709. The number of carboxylic acids is 1. The van der Waals surface area contributed by atoms with Gasteiger partial charge < -0.3 is 44.0 Å². The van der Waals surface area contributed by atoms with E-state index in [1.807, 2.05) is 6.26 Å². The maximum absolute atomic E-state index is 13.0. The minimum Gasteiger partial charge on any atom is -0.480 e. The minimum atomic E-state index is -1.19. The molecular weight excluding hydrogens is 496 g/mol. The van der Waals surface area contributed by atoms with Gasteiger partial charge in [-0.2, -0.15) is 24.4 Å². The van der Waals surface area contributed by atoms with E-state index in [-0.39, 0.29) is 31.1 Å². The molecule has 0 heterocycles. The van der Waals surface area contributed by atoms with Gasteiger partial charge in [-0.3, -0.25) is 19.4 Å². The van der Waals surface area contributed by atoms with Gasteiger partial charge in [-0.25, -0.2) is 4.79 Å². The van der Waals surface area contributed by atoms with Crippen molar-refractivity contribution in [2.75, 3.05) is 30.9 Å². The number of hydrogen-bond acceptors (Lipinski definition) is 9. The van der Waals surface area contributed by atoms with E-state index in [4.69, 9.17) is 22.9 Å². The first-order valence-corrected chi connectivity index (χ1v) is 13.3. The van der Waals surface area contributed by atoms with Gasteiger partial charge in [-0.15, -0.1) is 0 Å². The maximum Gasteiger partial charge on any atom is 0.326 e.